The lowest BCUT2D eigenvalue weighted by Crippen LogP contribution is -2.44. The fourth-order valence-electron chi connectivity index (χ4n) is 3.44. The van der Waals surface area contributed by atoms with Gasteiger partial charge in [-0.25, -0.2) is 0 Å². The molecule has 7 nitrogen and oxygen atoms in total. The molecule has 170 valence electrons. The predicted molar refractivity (Wildman–Crippen MR) is 133 cm³/mol. The lowest BCUT2D eigenvalue weighted by molar-refractivity contribution is -0.150. The van der Waals surface area contributed by atoms with Gasteiger partial charge in [0.1, 0.15) is 5.92 Å². The molecule has 2 aromatic carbocycles. The molecule has 2 atom stereocenters. The smallest absolute Gasteiger partial charge is 0.319 e. The van der Waals surface area contributed by atoms with Gasteiger partial charge < -0.3 is 15.4 Å². The lowest BCUT2D eigenvalue weighted by atomic mass is 9.78. The molecule has 2 aromatic rings. The Labute approximate surface area is 212 Å². The first-order valence-corrected chi connectivity index (χ1v) is 12.3. The summed E-state index contributed by atoms with van der Waals surface area (Å²) in [5, 5.41) is 15.6. The number of methoxy groups -OCH3 is 1. The number of nitrogens with one attached hydrogen (secondary N) is 2. The van der Waals surface area contributed by atoms with E-state index >= 15 is 0 Å². The summed E-state index contributed by atoms with van der Waals surface area (Å²) in [6.07, 6.45) is 0. The fourth-order valence-corrected chi connectivity index (χ4v) is 4.95. The molecular weight excluding hydrogens is 574 g/mol. The van der Waals surface area contributed by atoms with Gasteiger partial charge in [0.25, 0.3) is 0 Å². The zero-order chi connectivity index (χ0) is 24.1. The quantitative estimate of drug-likeness (QED) is 0.374. The zero-order valence-corrected chi connectivity index (χ0v) is 21.6. The summed E-state index contributed by atoms with van der Waals surface area (Å²) in [5.41, 5.74) is 2.42. The van der Waals surface area contributed by atoms with E-state index in [-0.39, 0.29) is 22.3 Å². The molecule has 2 amide bonds. The number of hydrogen-bond acceptors (Lipinski definition) is 6. The first-order valence-electron chi connectivity index (χ1n) is 9.72. The van der Waals surface area contributed by atoms with Crippen LogP contribution in [-0.4, -0.2) is 30.6 Å². The number of carbonyl (C=O) groups is 3. The van der Waals surface area contributed by atoms with Crippen LogP contribution >= 0.6 is 43.6 Å². The summed E-state index contributed by atoms with van der Waals surface area (Å²) < 4.78 is 6.51. The van der Waals surface area contributed by atoms with E-state index in [0.717, 1.165) is 26.3 Å². The third kappa shape index (κ3) is 5.85. The maximum absolute atomic E-state index is 12.9. The number of aryl methyl sites for hydroxylation is 1. The fraction of sp³-hybridized carbons (Fsp3) is 0.217. The van der Waals surface area contributed by atoms with Gasteiger partial charge in [0, 0.05) is 20.6 Å². The molecule has 0 spiro atoms. The van der Waals surface area contributed by atoms with Gasteiger partial charge in [0.05, 0.1) is 29.5 Å². The van der Waals surface area contributed by atoms with Crippen LogP contribution in [0.25, 0.3) is 0 Å². The number of rotatable bonds is 6. The van der Waals surface area contributed by atoms with Crippen LogP contribution in [0.3, 0.4) is 0 Å². The minimum Gasteiger partial charge on any atom is -0.468 e. The third-order valence-corrected chi connectivity index (χ3v) is 7.38. The summed E-state index contributed by atoms with van der Waals surface area (Å²) in [5.74, 6) is -3.72. The Bertz CT molecular complexity index is 1190. The highest BCUT2D eigenvalue weighted by atomic mass is 79.9. The Morgan fingerprint density at radius 1 is 1.24 bits per heavy atom. The molecule has 10 heteroatoms. The van der Waals surface area contributed by atoms with Crippen molar-refractivity contribution in [1.82, 2.24) is 5.32 Å². The molecule has 0 fully saturated rings. The van der Waals surface area contributed by atoms with Crippen LogP contribution in [-0.2, 0) is 19.1 Å². The van der Waals surface area contributed by atoms with Gasteiger partial charge in [0.15, 0.2) is 0 Å². The standard InChI is InChI=1S/C23H19Br2N3O4S/c1-12-8-15(6-7-17(12)25)27-18(29)11-33-22-16(10-26)19(13-4-3-5-14(24)9-13)20(21(30)28-22)23(31)32-2/h3-9,19-20H,11H2,1-2H3,(H,27,29)(H,28,30)/t19-,20-/m1/s1. The van der Waals surface area contributed by atoms with Crippen molar-refractivity contribution in [3.63, 3.8) is 0 Å². The van der Waals surface area contributed by atoms with Crippen LogP contribution in [0.15, 0.2) is 62.0 Å². The van der Waals surface area contributed by atoms with Crippen LogP contribution in [0, 0.1) is 24.2 Å². The van der Waals surface area contributed by atoms with Gasteiger partial charge in [-0.1, -0.05) is 55.8 Å². The number of halogens is 2. The van der Waals surface area contributed by atoms with Gasteiger partial charge in [-0.15, -0.1) is 0 Å². The van der Waals surface area contributed by atoms with Crippen molar-refractivity contribution in [3.05, 3.63) is 73.1 Å². The number of amides is 2. The number of thioether (sulfide) groups is 1. The van der Waals surface area contributed by atoms with E-state index in [0.29, 0.717) is 11.3 Å². The van der Waals surface area contributed by atoms with Crippen molar-refractivity contribution >= 4 is 67.1 Å². The molecule has 33 heavy (non-hydrogen) atoms. The van der Waals surface area contributed by atoms with E-state index in [9.17, 15) is 19.6 Å². The van der Waals surface area contributed by atoms with Crippen LogP contribution in [0.2, 0.25) is 0 Å². The van der Waals surface area contributed by atoms with Crippen molar-refractivity contribution in [3.8, 4) is 6.07 Å². The Morgan fingerprint density at radius 3 is 2.64 bits per heavy atom. The maximum Gasteiger partial charge on any atom is 0.319 e. The minimum absolute atomic E-state index is 0.0377. The van der Waals surface area contributed by atoms with Crippen LogP contribution in [0.4, 0.5) is 5.69 Å². The third-order valence-electron chi connectivity index (χ3n) is 4.98. The van der Waals surface area contributed by atoms with Crippen LogP contribution < -0.4 is 10.6 Å². The molecule has 0 radical (unpaired) electrons. The molecule has 0 aliphatic carbocycles. The van der Waals surface area contributed by atoms with E-state index in [1.165, 1.54) is 7.11 Å². The van der Waals surface area contributed by atoms with Crippen molar-refractivity contribution in [2.45, 2.75) is 12.8 Å². The Balaban J connectivity index is 1.88. The normalized spacial score (nSPS) is 17.7. The number of nitriles is 1. The highest BCUT2D eigenvalue weighted by molar-refractivity contribution is 9.10. The molecule has 0 saturated carbocycles. The van der Waals surface area contributed by atoms with E-state index in [4.69, 9.17) is 4.74 Å². The van der Waals surface area contributed by atoms with Crippen LogP contribution in [0.5, 0.6) is 0 Å². The number of benzene rings is 2. The second-order valence-corrected chi connectivity index (χ2v) is 9.93. The first-order chi connectivity index (χ1) is 15.7. The van der Waals surface area contributed by atoms with Crippen molar-refractivity contribution in [2.24, 2.45) is 5.92 Å². The van der Waals surface area contributed by atoms with Gasteiger partial charge in [0.2, 0.25) is 11.8 Å². The monoisotopic (exact) mass is 591 g/mol. The van der Waals surface area contributed by atoms with Gasteiger partial charge in [-0.3, -0.25) is 14.4 Å². The summed E-state index contributed by atoms with van der Waals surface area (Å²) in [7, 11) is 1.20. The largest absolute Gasteiger partial charge is 0.468 e. The van der Waals surface area contributed by atoms with Crippen molar-refractivity contribution in [1.29, 1.82) is 5.26 Å². The highest BCUT2D eigenvalue weighted by Crippen LogP contribution is 2.40. The zero-order valence-electron chi connectivity index (χ0n) is 17.6. The summed E-state index contributed by atoms with van der Waals surface area (Å²) >= 11 is 7.84. The topological polar surface area (TPSA) is 108 Å². The van der Waals surface area contributed by atoms with Crippen LogP contribution in [0.1, 0.15) is 17.0 Å². The number of ether oxygens (including phenoxy) is 1. The van der Waals surface area contributed by atoms with Crippen molar-refractivity contribution in [2.75, 3.05) is 18.2 Å². The van der Waals surface area contributed by atoms with E-state index in [2.05, 4.69) is 48.6 Å². The molecule has 0 unspecified atom stereocenters. The Morgan fingerprint density at radius 2 is 2.00 bits per heavy atom. The molecular formula is C23H19Br2N3O4S. The average molecular weight is 593 g/mol. The number of allylic oxidation sites excluding steroid dienone is 1. The molecule has 2 N–H and O–H groups in total. The Hall–Kier alpha value is -2.61. The molecule has 0 aromatic heterocycles. The van der Waals surface area contributed by atoms with Gasteiger partial charge in [-0.2, -0.15) is 5.26 Å². The number of hydrogen-bond donors (Lipinski definition) is 2. The summed E-state index contributed by atoms with van der Waals surface area (Å²) in [6, 6.07) is 14.6. The summed E-state index contributed by atoms with van der Waals surface area (Å²) in [6.45, 7) is 1.91. The summed E-state index contributed by atoms with van der Waals surface area (Å²) in [4.78, 5) is 37.8. The van der Waals surface area contributed by atoms with E-state index < -0.39 is 23.7 Å². The van der Waals surface area contributed by atoms with E-state index in [1.807, 2.05) is 19.1 Å². The number of esters is 1. The molecule has 1 heterocycles. The molecule has 0 bridgehead atoms. The second-order valence-electron chi connectivity index (χ2n) is 7.18. The lowest BCUT2D eigenvalue weighted by Gasteiger charge is -2.31. The molecule has 1 aliphatic rings. The maximum atomic E-state index is 12.9. The highest BCUT2D eigenvalue weighted by Gasteiger charge is 2.44. The predicted octanol–water partition coefficient (Wildman–Crippen LogP) is 4.63. The van der Waals surface area contributed by atoms with Gasteiger partial charge in [-0.05, 0) is 48.4 Å². The first kappa shape index (κ1) is 25.0. The number of nitrogens with zero attached hydrogens (tertiary/aromatic N) is 1. The molecule has 1 aliphatic heterocycles. The number of carbonyl (C=O) groups excluding carboxylic acids is 3. The number of anilines is 1. The Kier molecular flexibility index (Phi) is 8.35. The minimum atomic E-state index is -1.22. The average Bonchev–Trinajstić information content (AvgIpc) is 2.79. The van der Waals surface area contributed by atoms with E-state index in [1.54, 1.807) is 30.3 Å². The van der Waals surface area contributed by atoms with Gasteiger partial charge >= 0.3 is 5.97 Å². The van der Waals surface area contributed by atoms with Crippen molar-refractivity contribution < 1.29 is 19.1 Å². The molecule has 3 rings (SSSR count). The molecule has 0 saturated heterocycles. The SMILES string of the molecule is COC(=O)[C@H]1C(=O)NC(SCC(=O)Nc2ccc(Br)c(C)c2)=C(C#N)[C@H]1c1cccc(Br)c1. The second kappa shape index (κ2) is 11.0.